The van der Waals surface area contributed by atoms with Gasteiger partial charge in [-0.3, -0.25) is 4.79 Å². The molecule has 0 unspecified atom stereocenters. The van der Waals surface area contributed by atoms with Crippen molar-refractivity contribution in [2.75, 3.05) is 0 Å². The summed E-state index contributed by atoms with van der Waals surface area (Å²) in [5.41, 5.74) is 3.11. The third-order valence-corrected chi connectivity index (χ3v) is 4.87. The summed E-state index contributed by atoms with van der Waals surface area (Å²) in [5, 5.41) is 15.7. The lowest BCUT2D eigenvalue weighted by molar-refractivity contribution is 0.0917. The zero-order valence-electron chi connectivity index (χ0n) is 15.8. The number of carbonyl (C=O) groups is 1. The van der Waals surface area contributed by atoms with Crippen LogP contribution in [0.4, 0.5) is 0 Å². The summed E-state index contributed by atoms with van der Waals surface area (Å²) in [6.07, 6.45) is 3.32. The Morgan fingerprint density at radius 3 is 2.70 bits per heavy atom. The minimum Gasteiger partial charge on any atom is -0.420 e. The van der Waals surface area contributed by atoms with Crippen LogP contribution in [0, 0.1) is 6.92 Å². The van der Waals surface area contributed by atoms with E-state index in [1.165, 1.54) is 6.42 Å². The SMILES string of the molecule is Cc1nnc(-c2cc(C(C)C)n(-c3cccc(C(=O)NC4CCC4)c3)n2)o1. The zero-order valence-corrected chi connectivity index (χ0v) is 15.8. The summed E-state index contributed by atoms with van der Waals surface area (Å²) >= 11 is 0. The fourth-order valence-electron chi connectivity index (χ4n) is 3.12. The molecule has 1 aliphatic carbocycles. The average molecular weight is 365 g/mol. The van der Waals surface area contributed by atoms with Gasteiger partial charge < -0.3 is 9.73 Å². The third kappa shape index (κ3) is 3.49. The van der Waals surface area contributed by atoms with Gasteiger partial charge in [0.2, 0.25) is 5.89 Å². The molecule has 2 heterocycles. The maximum absolute atomic E-state index is 12.5. The number of aromatic nitrogens is 4. The van der Waals surface area contributed by atoms with E-state index >= 15 is 0 Å². The van der Waals surface area contributed by atoms with E-state index in [9.17, 15) is 4.79 Å². The van der Waals surface area contributed by atoms with Crippen LogP contribution in [0.25, 0.3) is 17.3 Å². The van der Waals surface area contributed by atoms with E-state index in [0.29, 0.717) is 29.1 Å². The summed E-state index contributed by atoms with van der Waals surface area (Å²) in [5.74, 6) is 1.10. The molecular weight excluding hydrogens is 342 g/mol. The molecule has 7 nitrogen and oxygen atoms in total. The first-order valence-electron chi connectivity index (χ1n) is 9.33. The monoisotopic (exact) mass is 365 g/mol. The lowest BCUT2D eigenvalue weighted by Gasteiger charge is -2.26. The van der Waals surface area contributed by atoms with Crippen LogP contribution in [-0.2, 0) is 0 Å². The van der Waals surface area contributed by atoms with E-state index in [1.54, 1.807) is 6.92 Å². The van der Waals surface area contributed by atoms with Gasteiger partial charge in [-0.25, -0.2) is 4.68 Å². The number of benzene rings is 1. The van der Waals surface area contributed by atoms with Gasteiger partial charge in [-0.1, -0.05) is 19.9 Å². The molecule has 1 aliphatic rings. The van der Waals surface area contributed by atoms with E-state index in [4.69, 9.17) is 4.42 Å². The highest BCUT2D eigenvalue weighted by atomic mass is 16.4. The molecule has 3 aromatic rings. The van der Waals surface area contributed by atoms with Crippen LogP contribution in [0.2, 0.25) is 0 Å². The van der Waals surface area contributed by atoms with Crippen LogP contribution >= 0.6 is 0 Å². The Hall–Kier alpha value is -2.96. The molecule has 0 radical (unpaired) electrons. The maximum Gasteiger partial charge on any atom is 0.268 e. The largest absolute Gasteiger partial charge is 0.420 e. The van der Waals surface area contributed by atoms with Gasteiger partial charge in [0.15, 0.2) is 0 Å². The van der Waals surface area contributed by atoms with Crippen LogP contribution in [0.3, 0.4) is 0 Å². The molecule has 0 aliphatic heterocycles. The van der Waals surface area contributed by atoms with Crippen molar-refractivity contribution in [3.05, 3.63) is 47.5 Å². The molecule has 4 rings (SSSR count). The smallest absolute Gasteiger partial charge is 0.268 e. The molecule has 1 amide bonds. The second-order valence-corrected chi connectivity index (χ2v) is 7.30. The summed E-state index contributed by atoms with van der Waals surface area (Å²) in [6.45, 7) is 5.95. The highest BCUT2D eigenvalue weighted by Crippen LogP contribution is 2.26. The second-order valence-electron chi connectivity index (χ2n) is 7.30. The van der Waals surface area contributed by atoms with E-state index in [0.717, 1.165) is 24.2 Å². The summed E-state index contributed by atoms with van der Waals surface area (Å²) in [6, 6.07) is 9.80. The minimum atomic E-state index is -0.0347. The van der Waals surface area contributed by atoms with Crippen LogP contribution in [0.5, 0.6) is 0 Å². The van der Waals surface area contributed by atoms with Gasteiger partial charge in [-0.05, 0) is 49.4 Å². The number of nitrogens with one attached hydrogen (secondary N) is 1. The first-order valence-corrected chi connectivity index (χ1v) is 9.33. The lowest BCUT2D eigenvalue weighted by Crippen LogP contribution is -2.39. The summed E-state index contributed by atoms with van der Waals surface area (Å²) < 4.78 is 7.36. The van der Waals surface area contributed by atoms with Crippen molar-refractivity contribution in [3.63, 3.8) is 0 Å². The van der Waals surface area contributed by atoms with Gasteiger partial charge in [0.1, 0.15) is 5.69 Å². The predicted molar refractivity (Wildman–Crippen MR) is 101 cm³/mol. The molecule has 1 aromatic carbocycles. The predicted octanol–water partition coefficient (Wildman–Crippen LogP) is 3.64. The fourth-order valence-corrected chi connectivity index (χ4v) is 3.12. The molecule has 0 spiro atoms. The quantitative estimate of drug-likeness (QED) is 0.746. The Morgan fingerprint density at radius 1 is 1.26 bits per heavy atom. The molecule has 1 saturated carbocycles. The Balaban J connectivity index is 1.68. The number of nitrogens with zero attached hydrogens (tertiary/aromatic N) is 4. The highest BCUT2D eigenvalue weighted by Gasteiger charge is 2.21. The first-order chi connectivity index (χ1) is 13.0. The van der Waals surface area contributed by atoms with Crippen LogP contribution < -0.4 is 5.32 Å². The molecular formula is C20H23N5O2. The van der Waals surface area contributed by atoms with Crippen molar-refractivity contribution in [1.29, 1.82) is 0 Å². The number of amides is 1. The van der Waals surface area contributed by atoms with Crippen LogP contribution in [0.1, 0.15) is 61.0 Å². The molecule has 27 heavy (non-hydrogen) atoms. The van der Waals surface area contributed by atoms with Crippen LogP contribution in [0.15, 0.2) is 34.7 Å². The van der Waals surface area contributed by atoms with Gasteiger partial charge in [0.25, 0.3) is 11.8 Å². The number of hydrogen-bond donors (Lipinski definition) is 1. The first kappa shape index (κ1) is 17.5. The zero-order chi connectivity index (χ0) is 19.0. The van der Waals surface area contributed by atoms with Crippen molar-refractivity contribution in [2.24, 2.45) is 0 Å². The Kier molecular flexibility index (Phi) is 4.51. The van der Waals surface area contributed by atoms with E-state index in [2.05, 4.69) is 34.5 Å². The topological polar surface area (TPSA) is 85.8 Å². The lowest BCUT2D eigenvalue weighted by atomic mass is 9.93. The summed E-state index contributed by atoms with van der Waals surface area (Å²) in [7, 11) is 0. The van der Waals surface area contributed by atoms with Crippen molar-refractivity contribution in [3.8, 4) is 17.3 Å². The van der Waals surface area contributed by atoms with E-state index < -0.39 is 0 Å². The molecule has 0 saturated heterocycles. The number of aryl methyl sites for hydroxylation is 1. The molecule has 140 valence electrons. The van der Waals surface area contributed by atoms with Gasteiger partial charge in [-0.2, -0.15) is 5.10 Å². The normalized spacial score (nSPS) is 14.4. The minimum absolute atomic E-state index is 0.0347. The van der Waals surface area contributed by atoms with Gasteiger partial charge in [0.05, 0.1) is 5.69 Å². The van der Waals surface area contributed by atoms with E-state index in [-0.39, 0.29) is 11.8 Å². The van der Waals surface area contributed by atoms with Crippen molar-refractivity contribution in [1.82, 2.24) is 25.3 Å². The molecule has 1 fully saturated rings. The Bertz CT molecular complexity index is 968. The molecule has 7 heteroatoms. The van der Waals surface area contributed by atoms with Crippen molar-refractivity contribution in [2.45, 2.75) is 52.0 Å². The molecule has 0 atom stereocenters. The van der Waals surface area contributed by atoms with Crippen molar-refractivity contribution >= 4 is 5.91 Å². The summed E-state index contributed by atoms with van der Waals surface area (Å²) in [4.78, 5) is 12.5. The van der Waals surface area contributed by atoms with Gasteiger partial charge in [0, 0.05) is 24.2 Å². The second kappa shape index (κ2) is 6.98. The fraction of sp³-hybridized carbons (Fsp3) is 0.400. The third-order valence-electron chi connectivity index (χ3n) is 4.87. The molecule has 1 N–H and O–H groups in total. The highest BCUT2D eigenvalue weighted by molar-refractivity contribution is 5.95. The van der Waals surface area contributed by atoms with Crippen LogP contribution in [-0.4, -0.2) is 31.9 Å². The van der Waals surface area contributed by atoms with Gasteiger partial charge in [-0.15, -0.1) is 10.2 Å². The number of rotatable bonds is 5. The van der Waals surface area contributed by atoms with Crippen molar-refractivity contribution < 1.29 is 9.21 Å². The maximum atomic E-state index is 12.5. The van der Waals surface area contributed by atoms with Gasteiger partial charge >= 0.3 is 0 Å². The standard InChI is InChI=1S/C20H23N5O2/c1-12(2)18-11-17(20-23-22-13(3)27-20)24-25(18)16-9-4-6-14(10-16)19(26)21-15-7-5-8-15/h4,6,9-12,15H,5,7-8H2,1-3H3,(H,21,26). The average Bonchev–Trinajstić information content (AvgIpc) is 3.24. The van der Waals surface area contributed by atoms with E-state index in [1.807, 2.05) is 35.0 Å². The Morgan fingerprint density at radius 2 is 2.07 bits per heavy atom. The Labute approximate surface area is 157 Å². The molecule has 0 bridgehead atoms. The number of carbonyl (C=O) groups excluding carboxylic acids is 1. The number of hydrogen-bond acceptors (Lipinski definition) is 5. The molecule has 2 aromatic heterocycles.